The fourth-order valence-corrected chi connectivity index (χ4v) is 1.54. The molecule has 0 saturated heterocycles. The van der Waals surface area contributed by atoms with Crippen LogP contribution in [0.2, 0.25) is 10.0 Å². The van der Waals surface area contributed by atoms with Crippen molar-refractivity contribution in [3.05, 3.63) is 33.6 Å². The first-order valence-corrected chi connectivity index (χ1v) is 4.72. The van der Waals surface area contributed by atoms with Crippen LogP contribution in [-0.2, 0) is 0 Å². The van der Waals surface area contributed by atoms with Gasteiger partial charge in [0.2, 0.25) is 0 Å². The summed E-state index contributed by atoms with van der Waals surface area (Å²) in [7, 11) is 0. The second-order valence-electron chi connectivity index (χ2n) is 2.77. The van der Waals surface area contributed by atoms with Crippen LogP contribution in [0.15, 0.2) is 12.1 Å². The van der Waals surface area contributed by atoms with Gasteiger partial charge in [0.25, 0.3) is 0 Å². The zero-order valence-electron chi connectivity index (χ0n) is 7.56. The Morgan fingerprint density at radius 3 is 2.50 bits per heavy atom. The molecule has 5 heteroatoms. The maximum absolute atomic E-state index is 13.2. The molecule has 1 aromatic rings. The molecule has 0 saturated carbocycles. The first kappa shape index (κ1) is 14.0. The van der Waals surface area contributed by atoms with E-state index in [0.717, 1.165) is 0 Å². The summed E-state index contributed by atoms with van der Waals surface area (Å²) in [6.07, 6.45) is 0.622. The quantitative estimate of drug-likeness (QED) is 0.798. The van der Waals surface area contributed by atoms with Gasteiger partial charge in [-0.25, -0.2) is 4.39 Å². The highest BCUT2D eigenvalue weighted by Gasteiger charge is 2.15. The molecule has 0 bridgehead atoms. The molecule has 0 aliphatic heterocycles. The van der Waals surface area contributed by atoms with Crippen molar-refractivity contribution in [3.8, 4) is 0 Å². The first-order chi connectivity index (χ1) is 6.07. The minimum absolute atomic E-state index is 0. The van der Waals surface area contributed by atoms with Gasteiger partial charge in [-0.3, -0.25) is 0 Å². The van der Waals surface area contributed by atoms with Crippen molar-refractivity contribution in [2.45, 2.75) is 19.4 Å². The van der Waals surface area contributed by atoms with E-state index in [-0.39, 0.29) is 17.4 Å². The third kappa shape index (κ3) is 2.74. The highest BCUT2D eigenvalue weighted by atomic mass is 35.5. The zero-order chi connectivity index (χ0) is 10.0. The normalized spacial score (nSPS) is 12.1. The predicted molar refractivity (Wildman–Crippen MR) is 60.9 cm³/mol. The van der Waals surface area contributed by atoms with E-state index in [1.807, 2.05) is 6.92 Å². The van der Waals surface area contributed by atoms with Crippen molar-refractivity contribution in [1.29, 1.82) is 0 Å². The maximum atomic E-state index is 13.2. The van der Waals surface area contributed by atoms with Crippen LogP contribution in [0.5, 0.6) is 0 Å². The van der Waals surface area contributed by atoms with E-state index in [1.165, 1.54) is 12.1 Å². The van der Waals surface area contributed by atoms with Crippen LogP contribution in [0.4, 0.5) is 4.39 Å². The van der Waals surface area contributed by atoms with Crippen LogP contribution in [0.1, 0.15) is 24.9 Å². The third-order valence-electron chi connectivity index (χ3n) is 1.89. The number of hydrogen-bond acceptors (Lipinski definition) is 1. The van der Waals surface area contributed by atoms with Gasteiger partial charge in [0.05, 0.1) is 10.0 Å². The summed E-state index contributed by atoms with van der Waals surface area (Å²) in [5, 5.41) is 0.554. The molecule has 0 aliphatic rings. The molecule has 1 rings (SSSR count). The minimum atomic E-state index is -0.399. The van der Waals surface area contributed by atoms with E-state index in [1.54, 1.807) is 0 Å². The lowest BCUT2D eigenvalue weighted by atomic mass is 10.1. The third-order valence-corrected chi connectivity index (χ3v) is 2.71. The second-order valence-corrected chi connectivity index (χ2v) is 3.56. The Kier molecular flexibility index (Phi) is 5.75. The minimum Gasteiger partial charge on any atom is -0.324 e. The number of halogens is 4. The Morgan fingerprint density at radius 2 is 2.00 bits per heavy atom. The summed E-state index contributed by atoms with van der Waals surface area (Å²) < 4.78 is 13.2. The number of rotatable bonds is 2. The molecule has 2 N–H and O–H groups in total. The standard InChI is InChI=1S/C9H10Cl2FN.ClH/c1-2-7(13)8-6(12)4-3-5(10)9(8)11;/h3-4,7H,2,13H2,1H3;1H/t7-;/m0./s1. The highest BCUT2D eigenvalue weighted by Crippen LogP contribution is 2.32. The van der Waals surface area contributed by atoms with Gasteiger partial charge in [-0.1, -0.05) is 30.1 Å². The molecular formula is C9H11Cl3FN. The van der Waals surface area contributed by atoms with Crippen molar-refractivity contribution >= 4 is 35.6 Å². The number of nitrogens with two attached hydrogens (primary N) is 1. The Morgan fingerprint density at radius 1 is 1.43 bits per heavy atom. The smallest absolute Gasteiger partial charge is 0.129 e. The van der Waals surface area contributed by atoms with E-state index in [4.69, 9.17) is 28.9 Å². The molecule has 0 heterocycles. The molecule has 1 nitrogen and oxygen atoms in total. The lowest BCUT2D eigenvalue weighted by Gasteiger charge is -2.12. The van der Waals surface area contributed by atoms with Crippen LogP contribution in [0, 0.1) is 5.82 Å². The van der Waals surface area contributed by atoms with Crippen LogP contribution in [0.3, 0.4) is 0 Å². The second kappa shape index (κ2) is 5.76. The van der Waals surface area contributed by atoms with E-state index in [0.29, 0.717) is 17.0 Å². The monoisotopic (exact) mass is 257 g/mol. The van der Waals surface area contributed by atoms with Gasteiger partial charge in [0, 0.05) is 11.6 Å². The van der Waals surface area contributed by atoms with Gasteiger partial charge in [-0.15, -0.1) is 12.4 Å². The lowest BCUT2D eigenvalue weighted by Crippen LogP contribution is -2.11. The SMILES string of the molecule is CC[C@H](N)c1c(F)ccc(Cl)c1Cl.Cl. The Bertz CT molecular complexity index is 317. The Balaban J connectivity index is 0.00000169. The summed E-state index contributed by atoms with van der Waals surface area (Å²) in [5.41, 5.74) is 5.98. The van der Waals surface area contributed by atoms with Crippen molar-refractivity contribution in [3.63, 3.8) is 0 Å². The van der Waals surface area contributed by atoms with Crippen molar-refractivity contribution in [2.24, 2.45) is 5.73 Å². The van der Waals surface area contributed by atoms with Gasteiger partial charge in [0.1, 0.15) is 5.82 Å². The van der Waals surface area contributed by atoms with E-state index < -0.39 is 11.9 Å². The van der Waals surface area contributed by atoms with Crippen LogP contribution >= 0.6 is 35.6 Å². The van der Waals surface area contributed by atoms with Gasteiger partial charge >= 0.3 is 0 Å². The lowest BCUT2D eigenvalue weighted by molar-refractivity contribution is 0.575. The van der Waals surface area contributed by atoms with Gasteiger partial charge in [0.15, 0.2) is 0 Å². The van der Waals surface area contributed by atoms with Crippen molar-refractivity contribution < 1.29 is 4.39 Å². The van der Waals surface area contributed by atoms with Crippen LogP contribution in [0.25, 0.3) is 0 Å². The van der Waals surface area contributed by atoms with Gasteiger partial charge < -0.3 is 5.73 Å². The number of hydrogen-bond donors (Lipinski definition) is 1. The van der Waals surface area contributed by atoms with Crippen molar-refractivity contribution in [1.82, 2.24) is 0 Å². The van der Waals surface area contributed by atoms with Crippen LogP contribution < -0.4 is 5.73 Å². The van der Waals surface area contributed by atoms with E-state index >= 15 is 0 Å². The molecule has 1 aromatic carbocycles. The molecule has 80 valence electrons. The molecule has 0 fully saturated rings. The molecule has 0 radical (unpaired) electrons. The van der Waals surface area contributed by atoms with Crippen molar-refractivity contribution in [2.75, 3.05) is 0 Å². The number of benzene rings is 1. The highest BCUT2D eigenvalue weighted by molar-refractivity contribution is 6.42. The van der Waals surface area contributed by atoms with E-state index in [2.05, 4.69) is 0 Å². The predicted octanol–water partition coefficient (Wildman–Crippen LogP) is 3.96. The molecule has 14 heavy (non-hydrogen) atoms. The topological polar surface area (TPSA) is 26.0 Å². The summed E-state index contributed by atoms with van der Waals surface area (Å²) in [5.74, 6) is -0.399. The molecular weight excluding hydrogens is 247 g/mol. The molecule has 0 aromatic heterocycles. The molecule has 0 amide bonds. The molecule has 0 aliphatic carbocycles. The average molecular weight is 259 g/mol. The van der Waals surface area contributed by atoms with Gasteiger partial charge in [-0.05, 0) is 18.6 Å². The molecule has 0 spiro atoms. The first-order valence-electron chi connectivity index (χ1n) is 3.96. The summed E-state index contributed by atoms with van der Waals surface area (Å²) in [6.45, 7) is 1.86. The Hall–Kier alpha value is -0.0200. The summed E-state index contributed by atoms with van der Waals surface area (Å²) >= 11 is 11.6. The average Bonchev–Trinajstić information content (AvgIpc) is 2.12. The fourth-order valence-electron chi connectivity index (χ4n) is 1.09. The van der Waals surface area contributed by atoms with Crippen LogP contribution in [-0.4, -0.2) is 0 Å². The summed E-state index contributed by atoms with van der Waals surface area (Å²) in [4.78, 5) is 0. The maximum Gasteiger partial charge on any atom is 0.129 e. The van der Waals surface area contributed by atoms with E-state index in [9.17, 15) is 4.39 Å². The fraction of sp³-hybridized carbons (Fsp3) is 0.333. The molecule has 0 unspecified atom stereocenters. The zero-order valence-corrected chi connectivity index (χ0v) is 9.89. The Labute approximate surface area is 98.8 Å². The van der Waals surface area contributed by atoms with Gasteiger partial charge in [-0.2, -0.15) is 0 Å². The molecule has 1 atom stereocenters. The summed E-state index contributed by atoms with van der Waals surface area (Å²) in [6, 6.07) is 2.30. The largest absolute Gasteiger partial charge is 0.324 e.